The van der Waals surface area contributed by atoms with Gasteiger partial charge in [-0.1, -0.05) is 6.07 Å². The van der Waals surface area contributed by atoms with E-state index in [-0.39, 0.29) is 24.5 Å². The first-order valence-corrected chi connectivity index (χ1v) is 7.52. The van der Waals surface area contributed by atoms with Crippen LogP contribution >= 0.6 is 15.9 Å². The lowest BCUT2D eigenvalue weighted by atomic mass is 9.85. The van der Waals surface area contributed by atoms with E-state index in [0.29, 0.717) is 22.1 Å². The van der Waals surface area contributed by atoms with E-state index in [4.69, 9.17) is 0 Å². The van der Waals surface area contributed by atoms with Gasteiger partial charge in [0, 0.05) is 18.6 Å². The highest BCUT2D eigenvalue weighted by molar-refractivity contribution is 9.10. The molecule has 0 spiro atoms. The Morgan fingerprint density at radius 3 is 2.95 bits per heavy atom. The zero-order valence-corrected chi connectivity index (χ0v) is 12.1. The molecule has 3 rings (SSSR count). The molecule has 102 valence electrons. The zero-order chi connectivity index (χ0) is 13.4. The van der Waals surface area contributed by atoms with Crippen LogP contribution in [0.15, 0.2) is 22.8 Å². The number of carbonyl (C=O) groups excluding carboxylic acids is 1. The van der Waals surface area contributed by atoms with Gasteiger partial charge in [0.15, 0.2) is 0 Å². The molecule has 2 fully saturated rings. The number of carbonyl (C=O) groups is 1. The summed E-state index contributed by atoms with van der Waals surface area (Å²) in [5.74, 6) is 1.18. The van der Waals surface area contributed by atoms with Crippen molar-refractivity contribution >= 4 is 21.8 Å². The predicted molar refractivity (Wildman–Crippen MR) is 74.6 cm³/mol. The number of aliphatic hydroxyl groups excluding tert-OH is 1. The number of pyridine rings is 1. The van der Waals surface area contributed by atoms with Crippen molar-refractivity contribution in [1.82, 2.24) is 10.3 Å². The van der Waals surface area contributed by atoms with Crippen LogP contribution in [0, 0.1) is 17.8 Å². The van der Waals surface area contributed by atoms with Crippen LogP contribution < -0.4 is 5.32 Å². The summed E-state index contributed by atoms with van der Waals surface area (Å²) in [5, 5.41) is 12.6. The van der Waals surface area contributed by atoms with Crippen LogP contribution in [0.5, 0.6) is 0 Å². The molecule has 1 aromatic heterocycles. The molecule has 0 saturated heterocycles. The van der Waals surface area contributed by atoms with Gasteiger partial charge in [-0.3, -0.25) is 4.79 Å². The third-order valence-electron chi connectivity index (χ3n) is 4.54. The number of rotatable bonds is 3. The van der Waals surface area contributed by atoms with Crippen molar-refractivity contribution in [3.05, 3.63) is 28.5 Å². The molecule has 2 N–H and O–H groups in total. The first kappa shape index (κ1) is 13.1. The summed E-state index contributed by atoms with van der Waals surface area (Å²) < 4.78 is 0.659. The van der Waals surface area contributed by atoms with Gasteiger partial charge in [0.2, 0.25) is 0 Å². The predicted octanol–water partition coefficient (Wildman–Crippen LogP) is 1.98. The number of aliphatic hydroxyl groups is 1. The molecule has 2 saturated carbocycles. The maximum atomic E-state index is 12.2. The first-order valence-electron chi connectivity index (χ1n) is 6.73. The molecule has 4 unspecified atom stereocenters. The number of halogens is 1. The third-order valence-corrected chi connectivity index (χ3v) is 4.99. The van der Waals surface area contributed by atoms with Gasteiger partial charge in [-0.2, -0.15) is 0 Å². The van der Waals surface area contributed by atoms with Crippen LogP contribution in [-0.2, 0) is 0 Å². The highest BCUT2D eigenvalue weighted by atomic mass is 79.9. The van der Waals surface area contributed by atoms with Gasteiger partial charge in [0.1, 0.15) is 10.3 Å². The van der Waals surface area contributed by atoms with Crippen molar-refractivity contribution in [2.75, 3.05) is 6.61 Å². The fourth-order valence-electron chi connectivity index (χ4n) is 3.66. The molecule has 2 aliphatic rings. The molecule has 1 amide bonds. The van der Waals surface area contributed by atoms with E-state index < -0.39 is 0 Å². The summed E-state index contributed by atoms with van der Waals surface area (Å²) in [4.78, 5) is 16.4. The molecule has 0 aliphatic heterocycles. The number of nitrogens with zero attached hydrogens (tertiary/aromatic N) is 1. The second-order valence-corrected chi connectivity index (χ2v) is 6.34. The smallest absolute Gasteiger partial charge is 0.270 e. The van der Waals surface area contributed by atoms with E-state index in [9.17, 15) is 9.90 Å². The van der Waals surface area contributed by atoms with Gasteiger partial charge < -0.3 is 10.4 Å². The Morgan fingerprint density at radius 2 is 2.21 bits per heavy atom. The van der Waals surface area contributed by atoms with E-state index in [2.05, 4.69) is 26.2 Å². The van der Waals surface area contributed by atoms with Crippen LogP contribution in [0.4, 0.5) is 0 Å². The summed E-state index contributed by atoms with van der Waals surface area (Å²) in [6.45, 7) is 0.165. The van der Waals surface area contributed by atoms with E-state index in [0.717, 1.165) is 12.8 Å². The molecular formula is C14H17BrN2O2. The Hall–Kier alpha value is -0.940. The summed E-state index contributed by atoms with van der Waals surface area (Å²) in [6, 6.07) is 5.42. The topological polar surface area (TPSA) is 62.2 Å². The van der Waals surface area contributed by atoms with E-state index in [1.54, 1.807) is 18.2 Å². The lowest BCUT2D eigenvalue weighted by Gasteiger charge is -2.30. The lowest BCUT2D eigenvalue weighted by molar-refractivity contribution is 0.0856. The molecule has 4 nitrogen and oxygen atoms in total. The summed E-state index contributed by atoms with van der Waals surface area (Å²) >= 11 is 3.27. The van der Waals surface area contributed by atoms with Crippen molar-refractivity contribution in [3.63, 3.8) is 0 Å². The quantitative estimate of drug-likeness (QED) is 0.836. The minimum Gasteiger partial charge on any atom is -0.396 e. The molecule has 5 heteroatoms. The van der Waals surface area contributed by atoms with E-state index >= 15 is 0 Å². The van der Waals surface area contributed by atoms with Gasteiger partial charge in [0.25, 0.3) is 5.91 Å². The van der Waals surface area contributed by atoms with Gasteiger partial charge in [-0.05, 0) is 59.2 Å². The molecule has 19 heavy (non-hydrogen) atoms. The SMILES string of the molecule is O=C(NC1C2CCC(C2)C1CO)c1cccc(Br)n1. The molecule has 0 aromatic carbocycles. The van der Waals surface area contributed by atoms with E-state index in [1.807, 2.05) is 0 Å². The Bertz CT molecular complexity index is 494. The molecule has 2 aliphatic carbocycles. The second kappa shape index (κ2) is 5.21. The van der Waals surface area contributed by atoms with Gasteiger partial charge in [-0.25, -0.2) is 4.98 Å². The van der Waals surface area contributed by atoms with Crippen molar-refractivity contribution in [3.8, 4) is 0 Å². The fraction of sp³-hybridized carbons (Fsp3) is 0.571. The maximum Gasteiger partial charge on any atom is 0.270 e. The van der Waals surface area contributed by atoms with Gasteiger partial charge in [0.05, 0.1) is 0 Å². The molecule has 2 bridgehead atoms. The summed E-state index contributed by atoms with van der Waals surface area (Å²) in [7, 11) is 0. The minimum absolute atomic E-state index is 0.108. The van der Waals surface area contributed by atoms with Crippen molar-refractivity contribution in [1.29, 1.82) is 0 Å². The molecule has 0 radical (unpaired) electrons. The fourth-order valence-corrected chi connectivity index (χ4v) is 4.00. The number of amides is 1. The van der Waals surface area contributed by atoms with Crippen molar-refractivity contribution in [2.24, 2.45) is 17.8 Å². The first-order chi connectivity index (χ1) is 9.19. The number of aromatic nitrogens is 1. The van der Waals surface area contributed by atoms with Crippen molar-refractivity contribution < 1.29 is 9.90 Å². The molecular weight excluding hydrogens is 308 g/mol. The Balaban J connectivity index is 1.73. The Kier molecular flexibility index (Phi) is 3.58. The summed E-state index contributed by atoms with van der Waals surface area (Å²) in [6.07, 6.45) is 3.50. The molecule has 1 heterocycles. The van der Waals surface area contributed by atoms with Crippen LogP contribution in [0.25, 0.3) is 0 Å². The highest BCUT2D eigenvalue weighted by Gasteiger charge is 2.47. The van der Waals surface area contributed by atoms with Crippen LogP contribution in [0.2, 0.25) is 0 Å². The normalized spacial score (nSPS) is 32.5. The number of hydrogen-bond acceptors (Lipinski definition) is 3. The van der Waals surface area contributed by atoms with Crippen LogP contribution in [0.3, 0.4) is 0 Å². The van der Waals surface area contributed by atoms with Crippen molar-refractivity contribution in [2.45, 2.75) is 25.3 Å². The lowest BCUT2D eigenvalue weighted by Crippen LogP contribution is -2.45. The monoisotopic (exact) mass is 324 g/mol. The summed E-state index contributed by atoms with van der Waals surface area (Å²) in [5.41, 5.74) is 0.425. The second-order valence-electron chi connectivity index (χ2n) is 5.52. The zero-order valence-electron chi connectivity index (χ0n) is 10.6. The Morgan fingerprint density at radius 1 is 1.42 bits per heavy atom. The number of fused-ring (bicyclic) bond motifs is 2. The van der Waals surface area contributed by atoms with Gasteiger partial charge in [-0.15, -0.1) is 0 Å². The number of hydrogen-bond donors (Lipinski definition) is 2. The average molecular weight is 325 g/mol. The number of nitrogens with one attached hydrogen (secondary N) is 1. The molecule has 1 aromatic rings. The minimum atomic E-state index is -0.141. The maximum absolute atomic E-state index is 12.2. The van der Waals surface area contributed by atoms with Crippen LogP contribution in [-0.4, -0.2) is 28.6 Å². The Labute approximate surface area is 120 Å². The largest absolute Gasteiger partial charge is 0.396 e. The average Bonchev–Trinajstić information content (AvgIpc) is 2.99. The van der Waals surface area contributed by atoms with Crippen LogP contribution in [0.1, 0.15) is 29.8 Å². The standard InChI is InChI=1S/C14H17BrN2O2/c15-12-3-1-2-11(16-12)14(19)17-13-9-5-4-8(6-9)10(13)7-18/h1-3,8-10,13,18H,4-7H2,(H,17,19). The highest BCUT2D eigenvalue weighted by Crippen LogP contribution is 2.48. The van der Waals surface area contributed by atoms with E-state index in [1.165, 1.54) is 6.42 Å². The third kappa shape index (κ3) is 2.41. The molecule has 4 atom stereocenters. The van der Waals surface area contributed by atoms with Gasteiger partial charge >= 0.3 is 0 Å².